The number of ketones is 1. The third-order valence-electron chi connectivity index (χ3n) is 5.70. The summed E-state index contributed by atoms with van der Waals surface area (Å²) in [6, 6.07) is 12.6. The first-order chi connectivity index (χ1) is 15.7. The molecule has 1 amide bonds. The lowest BCUT2D eigenvalue weighted by Gasteiger charge is -2.35. The lowest BCUT2D eigenvalue weighted by Crippen LogP contribution is -2.43. The van der Waals surface area contributed by atoms with E-state index in [4.69, 9.17) is 14.2 Å². The maximum Gasteiger partial charge on any atom is 0.253 e. The monoisotopic (exact) mass is 452 g/mol. The van der Waals surface area contributed by atoms with Gasteiger partial charge >= 0.3 is 0 Å². The molecule has 1 aliphatic heterocycles. The smallest absolute Gasteiger partial charge is 0.253 e. The molecular weight excluding hydrogens is 420 g/mol. The van der Waals surface area contributed by atoms with Gasteiger partial charge in [0, 0.05) is 55.3 Å². The first-order valence-corrected chi connectivity index (χ1v) is 10.8. The molecule has 0 radical (unpaired) electrons. The zero-order valence-electron chi connectivity index (χ0n) is 20.1. The number of ether oxygens (including phenoxy) is 3. The highest BCUT2D eigenvalue weighted by Crippen LogP contribution is 2.32. The number of carbonyl (C=O) groups excluding carboxylic acids is 2. The van der Waals surface area contributed by atoms with Gasteiger partial charge < -0.3 is 24.4 Å². The number of fused-ring (bicyclic) bond motifs is 1. The molecule has 1 aliphatic rings. The summed E-state index contributed by atoms with van der Waals surface area (Å²) in [5.74, 6) is 0.420. The highest BCUT2D eigenvalue weighted by molar-refractivity contribution is 6.09. The van der Waals surface area contributed by atoms with Gasteiger partial charge in [0.15, 0.2) is 12.1 Å². The molecule has 1 heterocycles. The molecule has 7 heteroatoms. The minimum Gasteiger partial charge on any atom is -0.497 e. The Morgan fingerprint density at radius 1 is 1.06 bits per heavy atom. The Kier molecular flexibility index (Phi) is 7.56. The second-order valence-electron chi connectivity index (χ2n) is 8.79. The number of amides is 1. The summed E-state index contributed by atoms with van der Waals surface area (Å²) < 4.78 is 15.7. The largest absolute Gasteiger partial charge is 0.497 e. The minimum absolute atomic E-state index is 0.143. The van der Waals surface area contributed by atoms with E-state index in [1.54, 1.807) is 44.5 Å². The maximum atomic E-state index is 13.1. The van der Waals surface area contributed by atoms with Gasteiger partial charge in [0.2, 0.25) is 0 Å². The number of benzene rings is 2. The molecular formula is C26H32N2O5. The minimum atomic E-state index is -0.500. The number of nitrogens with zero attached hydrogens (tertiary/aromatic N) is 1. The number of methoxy groups -OCH3 is 3. The summed E-state index contributed by atoms with van der Waals surface area (Å²) in [4.78, 5) is 27.2. The fourth-order valence-electron chi connectivity index (χ4n) is 3.92. The molecule has 1 N–H and O–H groups in total. The lowest BCUT2D eigenvalue weighted by molar-refractivity contribution is -0.110. The van der Waals surface area contributed by atoms with Crippen LogP contribution in [0.5, 0.6) is 5.75 Å². The number of nitrogens with one attached hydrogen (secondary N) is 1. The van der Waals surface area contributed by atoms with Crippen molar-refractivity contribution in [3.8, 4) is 5.75 Å². The van der Waals surface area contributed by atoms with Crippen LogP contribution in [-0.4, -0.2) is 63.3 Å². The van der Waals surface area contributed by atoms with Crippen molar-refractivity contribution >= 4 is 17.4 Å². The molecule has 0 aromatic heterocycles. The SMILES string of the molecule is COc1ccc2c(c1)C(=CC(=O)c1ccc(C(=O)N(C)CC(OC)OC)cc1)NC(C)(C)C2. The van der Waals surface area contributed by atoms with Crippen LogP contribution in [0.1, 0.15) is 45.7 Å². The lowest BCUT2D eigenvalue weighted by atomic mass is 9.85. The molecule has 3 rings (SSSR count). The zero-order chi connectivity index (χ0) is 24.2. The number of likely N-dealkylation sites (N-methyl/N-ethyl adjacent to an activating group) is 1. The molecule has 0 saturated carbocycles. The molecule has 0 spiro atoms. The van der Waals surface area contributed by atoms with Crippen LogP contribution in [0.2, 0.25) is 0 Å². The summed E-state index contributed by atoms with van der Waals surface area (Å²) in [6.45, 7) is 4.50. The van der Waals surface area contributed by atoms with Gasteiger partial charge in [-0.3, -0.25) is 9.59 Å². The Labute approximate surface area is 195 Å². The van der Waals surface area contributed by atoms with Gasteiger partial charge in [-0.2, -0.15) is 0 Å². The van der Waals surface area contributed by atoms with Crippen LogP contribution >= 0.6 is 0 Å². The van der Waals surface area contributed by atoms with Crippen molar-refractivity contribution in [3.05, 3.63) is 70.8 Å². The quantitative estimate of drug-likeness (QED) is 0.375. The van der Waals surface area contributed by atoms with E-state index in [0.29, 0.717) is 17.7 Å². The van der Waals surface area contributed by atoms with Crippen LogP contribution in [0.4, 0.5) is 0 Å². The fourth-order valence-corrected chi connectivity index (χ4v) is 3.92. The Hall–Kier alpha value is -3.16. The Morgan fingerprint density at radius 2 is 1.70 bits per heavy atom. The maximum absolute atomic E-state index is 13.1. The third-order valence-corrected chi connectivity index (χ3v) is 5.70. The molecule has 33 heavy (non-hydrogen) atoms. The van der Waals surface area contributed by atoms with Crippen molar-refractivity contribution in [2.45, 2.75) is 32.1 Å². The van der Waals surface area contributed by atoms with Crippen molar-refractivity contribution in [1.82, 2.24) is 10.2 Å². The van der Waals surface area contributed by atoms with Crippen LogP contribution in [-0.2, 0) is 15.9 Å². The Morgan fingerprint density at radius 3 is 2.30 bits per heavy atom. The number of rotatable bonds is 8. The van der Waals surface area contributed by atoms with E-state index in [2.05, 4.69) is 19.2 Å². The number of hydrogen-bond acceptors (Lipinski definition) is 6. The van der Waals surface area contributed by atoms with Crippen LogP contribution in [0.15, 0.2) is 48.5 Å². The average molecular weight is 453 g/mol. The van der Waals surface area contributed by atoms with Gasteiger partial charge in [-0.05, 0) is 50.1 Å². The first-order valence-electron chi connectivity index (χ1n) is 10.8. The summed E-state index contributed by atoms with van der Waals surface area (Å²) in [5.41, 5.74) is 3.68. The normalized spacial score (nSPS) is 15.7. The average Bonchev–Trinajstić information content (AvgIpc) is 2.81. The van der Waals surface area contributed by atoms with E-state index in [1.165, 1.54) is 19.1 Å². The summed E-state index contributed by atoms with van der Waals surface area (Å²) in [6.07, 6.45) is 1.96. The van der Waals surface area contributed by atoms with E-state index in [1.807, 2.05) is 18.2 Å². The van der Waals surface area contributed by atoms with Gasteiger partial charge in [-0.1, -0.05) is 18.2 Å². The topological polar surface area (TPSA) is 77.1 Å². The van der Waals surface area contributed by atoms with Crippen molar-refractivity contribution in [2.75, 3.05) is 34.9 Å². The van der Waals surface area contributed by atoms with Gasteiger partial charge in [0.1, 0.15) is 5.75 Å². The molecule has 7 nitrogen and oxygen atoms in total. The molecule has 0 saturated heterocycles. The van der Waals surface area contributed by atoms with E-state index in [-0.39, 0.29) is 17.2 Å². The van der Waals surface area contributed by atoms with Gasteiger partial charge in [0.25, 0.3) is 5.91 Å². The van der Waals surface area contributed by atoms with Crippen molar-refractivity contribution in [2.24, 2.45) is 0 Å². The molecule has 2 aromatic rings. The van der Waals surface area contributed by atoms with Gasteiger partial charge in [-0.25, -0.2) is 0 Å². The Bertz CT molecular complexity index is 1040. The number of allylic oxidation sites excluding steroid dienone is 1. The standard InChI is InChI=1S/C26H32N2O5/c1-26(2)15-19-11-12-20(31-4)13-21(19)22(27-26)14-23(29)17-7-9-18(10-8-17)25(30)28(3)16-24(32-5)33-6/h7-14,24,27H,15-16H2,1-6H3. The number of hydrogen-bond donors (Lipinski definition) is 1. The second-order valence-corrected chi connectivity index (χ2v) is 8.79. The van der Waals surface area contributed by atoms with Crippen molar-refractivity contribution in [1.29, 1.82) is 0 Å². The van der Waals surface area contributed by atoms with Crippen molar-refractivity contribution < 1.29 is 23.8 Å². The third kappa shape index (κ3) is 5.80. The molecule has 0 bridgehead atoms. The van der Waals surface area contributed by atoms with E-state index in [9.17, 15) is 9.59 Å². The van der Waals surface area contributed by atoms with Gasteiger partial charge in [0.05, 0.1) is 13.7 Å². The molecule has 0 aliphatic carbocycles. The highest BCUT2D eigenvalue weighted by atomic mass is 16.7. The molecule has 2 aromatic carbocycles. The fraction of sp³-hybridized carbons (Fsp3) is 0.385. The first kappa shape index (κ1) is 24.5. The molecule has 0 unspecified atom stereocenters. The van der Waals surface area contributed by atoms with Crippen LogP contribution < -0.4 is 10.1 Å². The molecule has 0 fully saturated rings. The Balaban J connectivity index is 1.81. The van der Waals surface area contributed by atoms with E-state index < -0.39 is 6.29 Å². The van der Waals surface area contributed by atoms with Crippen LogP contribution in [0.25, 0.3) is 5.70 Å². The van der Waals surface area contributed by atoms with Gasteiger partial charge in [-0.15, -0.1) is 0 Å². The highest BCUT2D eigenvalue weighted by Gasteiger charge is 2.28. The van der Waals surface area contributed by atoms with E-state index in [0.717, 1.165) is 29.0 Å². The predicted molar refractivity (Wildman–Crippen MR) is 127 cm³/mol. The van der Waals surface area contributed by atoms with Crippen LogP contribution in [0.3, 0.4) is 0 Å². The molecule has 0 atom stereocenters. The zero-order valence-corrected chi connectivity index (χ0v) is 20.1. The van der Waals surface area contributed by atoms with E-state index >= 15 is 0 Å². The number of carbonyl (C=O) groups is 2. The summed E-state index contributed by atoms with van der Waals surface area (Å²) >= 11 is 0. The summed E-state index contributed by atoms with van der Waals surface area (Å²) in [5, 5.41) is 3.47. The predicted octanol–water partition coefficient (Wildman–Crippen LogP) is 3.53. The second kappa shape index (κ2) is 10.2. The summed E-state index contributed by atoms with van der Waals surface area (Å²) in [7, 11) is 6.36. The van der Waals surface area contributed by atoms with Crippen molar-refractivity contribution in [3.63, 3.8) is 0 Å². The molecule has 176 valence electrons. The van der Waals surface area contributed by atoms with Crippen LogP contribution in [0, 0.1) is 0 Å².